The van der Waals surface area contributed by atoms with Crippen molar-refractivity contribution in [3.05, 3.63) is 58.0 Å². The van der Waals surface area contributed by atoms with E-state index in [1.54, 1.807) is 11.0 Å². The van der Waals surface area contributed by atoms with E-state index in [1.807, 2.05) is 30.3 Å². The second-order valence-electron chi connectivity index (χ2n) is 5.51. The van der Waals surface area contributed by atoms with Crippen molar-refractivity contribution in [1.29, 1.82) is 5.26 Å². The Labute approximate surface area is 155 Å². The van der Waals surface area contributed by atoms with Crippen molar-refractivity contribution < 1.29 is 9.59 Å². The Morgan fingerprint density at radius 3 is 2.76 bits per heavy atom. The maximum Gasteiger partial charge on any atom is 0.278 e. The quantitative estimate of drug-likeness (QED) is 0.640. The van der Waals surface area contributed by atoms with Gasteiger partial charge in [0.05, 0.1) is 12.1 Å². The van der Waals surface area contributed by atoms with Gasteiger partial charge in [-0.1, -0.05) is 43.0 Å². The van der Waals surface area contributed by atoms with E-state index in [-0.39, 0.29) is 11.1 Å². The topological polar surface area (TPSA) is 73.2 Å². The predicted molar refractivity (Wildman–Crippen MR) is 102 cm³/mol. The fourth-order valence-corrected chi connectivity index (χ4v) is 4.05. The van der Waals surface area contributed by atoms with Gasteiger partial charge in [0.15, 0.2) is 0 Å². The first kappa shape index (κ1) is 17.3. The summed E-state index contributed by atoms with van der Waals surface area (Å²) in [7, 11) is 0. The average molecular weight is 369 g/mol. The van der Waals surface area contributed by atoms with E-state index in [1.165, 1.54) is 17.4 Å². The molecule has 0 unspecified atom stereocenters. The zero-order valence-corrected chi connectivity index (χ0v) is 14.9. The Hall–Kier alpha value is -2.56. The first-order chi connectivity index (χ1) is 12.1. The minimum atomic E-state index is -0.291. The molecule has 2 aromatic rings. The van der Waals surface area contributed by atoms with E-state index in [2.05, 4.69) is 24.0 Å². The van der Waals surface area contributed by atoms with Crippen LogP contribution in [0.25, 0.3) is 6.08 Å². The van der Waals surface area contributed by atoms with Crippen LogP contribution in [0.5, 0.6) is 0 Å². The van der Waals surface area contributed by atoms with E-state index in [9.17, 15) is 14.9 Å². The van der Waals surface area contributed by atoms with Crippen LogP contribution < -0.4 is 5.32 Å². The van der Waals surface area contributed by atoms with Crippen LogP contribution in [-0.2, 0) is 17.8 Å². The number of thiol groups is 1. The molecule has 0 fully saturated rings. The average Bonchev–Trinajstić information content (AvgIpc) is 2.96. The highest BCUT2D eigenvalue weighted by Crippen LogP contribution is 2.36. The minimum absolute atomic E-state index is 0.283. The molecule has 0 spiro atoms. The number of fused-ring (bicyclic) bond motifs is 1. The first-order valence-electron chi connectivity index (χ1n) is 7.65. The smallest absolute Gasteiger partial charge is 0.278 e. The Morgan fingerprint density at radius 2 is 2.08 bits per heavy atom. The number of amides is 2. The van der Waals surface area contributed by atoms with Crippen LogP contribution in [0.2, 0.25) is 0 Å². The van der Waals surface area contributed by atoms with Crippen LogP contribution in [0.4, 0.5) is 9.80 Å². The van der Waals surface area contributed by atoms with E-state index in [0.29, 0.717) is 30.1 Å². The van der Waals surface area contributed by atoms with Gasteiger partial charge < -0.3 is 10.2 Å². The molecule has 5 nitrogen and oxygen atoms in total. The molecule has 126 valence electrons. The molecule has 1 N–H and O–H groups in total. The van der Waals surface area contributed by atoms with Crippen molar-refractivity contribution in [3.8, 4) is 6.07 Å². The SMILES string of the molecule is N#Cc1c(NC(=O)C=Cc2ccccc2)sc2c1CCN(C(=O)S)C2. The van der Waals surface area contributed by atoms with Gasteiger partial charge in [0.25, 0.3) is 5.24 Å². The lowest BCUT2D eigenvalue weighted by Gasteiger charge is -2.24. The molecule has 0 saturated heterocycles. The third-order valence-electron chi connectivity index (χ3n) is 3.90. The van der Waals surface area contributed by atoms with Crippen LogP contribution in [0.15, 0.2) is 36.4 Å². The van der Waals surface area contributed by atoms with Crippen LogP contribution >= 0.6 is 24.0 Å². The molecule has 2 heterocycles. The Bertz CT molecular complexity index is 882. The van der Waals surface area contributed by atoms with E-state index in [0.717, 1.165) is 16.0 Å². The van der Waals surface area contributed by atoms with Gasteiger partial charge in [0.2, 0.25) is 5.91 Å². The second kappa shape index (κ2) is 7.55. The molecule has 0 radical (unpaired) electrons. The minimum Gasteiger partial charge on any atom is -0.328 e. The van der Waals surface area contributed by atoms with E-state index >= 15 is 0 Å². The summed E-state index contributed by atoms with van der Waals surface area (Å²) in [5, 5.41) is 12.5. The van der Waals surface area contributed by atoms with Gasteiger partial charge in [0, 0.05) is 17.5 Å². The lowest BCUT2D eigenvalue weighted by molar-refractivity contribution is -0.111. The number of thiophene rings is 1. The van der Waals surface area contributed by atoms with Gasteiger partial charge >= 0.3 is 0 Å². The number of nitrogens with zero attached hydrogens (tertiary/aromatic N) is 2. The van der Waals surface area contributed by atoms with Crippen LogP contribution in [-0.4, -0.2) is 22.6 Å². The number of carbonyl (C=O) groups is 2. The van der Waals surface area contributed by atoms with E-state index in [4.69, 9.17) is 0 Å². The molecule has 1 aromatic carbocycles. The maximum absolute atomic E-state index is 12.2. The fraction of sp³-hybridized carbons (Fsp3) is 0.167. The first-order valence-corrected chi connectivity index (χ1v) is 8.91. The normalized spacial score (nSPS) is 13.4. The van der Waals surface area contributed by atoms with Crippen molar-refractivity contribution in [2.75, 3.05) is 11.9 Å². The zero-order valence-electron chi connectivity index (χ0n) is 13.2. The molecule has 2 amide bonds. The lowest BCUT2D eigenvalue weighted by atomic mass is 10.0. The number of nitriles is 1. The Morgan fingerprint density at radius 1 is 1.32 bits per heavy atom. The van der Waals surface area contributed by atoms with E-state index < -0.39 is 0 Å². The molecule has 1 aliphatic heterocycles. The molecule has 0 atom stereocenters. The van der Waals surface area contributed by atoms with Gasteiger partial charge in [-0.05, 0) is 23.6 Å². The number of nitrogens with one attached hydrogen (secondary N) is 1. The molecule has 0 saturated carbocycles. The molecule has 1 aliphatic rings. The summed E-state index contributed by atoms with van der Waals surface area (Å²) in [5.41, 5.74) is 2.33. The number of anilines is 1. The number of rotatable bonds is 3. The van der Waals surface area contributed by atoms with Crippen LogP contribution in [0, 0.1) is 11.3 Å². The largest absolute Gasteiger partial charge is 0.328 e. The van der Waals surface area contributed by atoms with Crippen molar-refractivity contribution >= 4 is 46.2 Å². The molecule has 7 heteroatoms. The molecule has 0 bridgehead atoms. The number of hydrogen-bond donors (Lipinski definition) is 2. The second-order valence-corrected chi connectivity index (χ2v) is 6.99. The molecular formula is C18H15N3O2S2. The summed E-state index contributed by atoms with van der Waals surface area (Å²) < 4.78 is 0. The third-order valence-corrected chi connectivity index (χ3v) is 5.32. The third kappa shape index (κ3) is 3.92. The number of carbonyl (C=O) groups excluding carboxylic acids is 2. The zero-order chi connectivity index (χ0) is 17.8. The van der Waals surface area contributed by atoms with Crippen LogP contribution in [0.1, 0.15) is 21.6 Å². The lowest BCUT2D eigenvalue weighted by Crippen LogP contribution is -2.31. The van der Waals surface area contributed by atoms with Crippen molar-refractivity contribution in [2.24, 2.45) is 0 Å². The summed E-state index contributed by atoms with van der Waals surface area (Å²) in [4.78, 5) is 26.1. The van der Waals surface area contributed by atoms with Crippen molar-refractivity contribution in [1.82, 2.24) is 4.90 Å². The molecule has 1 aromatic heterocycles. The van der Waals surface area contributed by atoms with Gasteiger partial charge in [-0.2, -0.15) is 5.26 Å². The highest BCUT2D eigenvalue weighted by molar-refractivity contribution is 7.96. The monoisotopic (exact) mass is 369 g/mol. The highest BCUT2D eigenvalue weighted by Gasteiger charge is 2.26. The molecular weight excluding hydrogens is 354 g/mol. The van der Waals surface area contributed by atoms with Gasteiger partial charge in [-0.15, -0.1) is 11.3 Å². The summed E-state index contributed by atoms with van der Waals surface area (Å²) >= 11 is 5.20. The van der Waals surface area contributed by atoms with Gasteiger partial charge in [-0.3, -0.25) is 9.59 Å². The number of benzene rings is 1. The Kier molecular flexibility index (Phi) is 5.22. The van der Waals surface area contributed by atoms with Gasteiger partial charge in [0.1, 0.15) is 11.1 Å². The summed E-state index contributed by atoms with van der Waals surface area (Å²) in [6.45, 7) is 0.953. The fourth-order valence-electron chi connectivity index (χ4n) is 2.66. The predicted octanol–water partition coefficient (Wildman–Crippen LogP) is 3.68. The summed E-state index contributed by atoms with van der Waals surface area (Å²) in [6, 6.07) is 11.7. The number of hydrogen-bond acceptors (Lipinski definition) is 4. The van der Waals surface area contributed by atoms with Gasteiger partial charge in [-0.25, -0.2) is 0 Å². The molecule has 0 aliphatic carbocycles. The van der Waals surface area contributed by atoms with Crippen molar-refractivity contribution in [3.63, 3.8) is 0 Å². The molecule has 3 rings (SSSR count). The molecule has 25 heavy (non-hydrogen) atoms. The Balaban J connectivity index is 1.77. The van der Waals surface area contributed by atoms with Crippen LogP contribution in [0.3, 0.4) is 0 Å². The summed E-state index contributed by atoms with van der Waals surface area (Å²) in [5.74, 6) is -0.291. The highest BCUT2D eigenvalue weighted by atomic mass is 32.1. The van der Waals surface area contributed by atoms with Crippen molar-refractivity contribution in [2.45, 2.75) is 13.0 Å². The summed E-state index contributed by atoms with van der Waals surface area (Å²) in [6.07, 6.45) is 3.76. The standard InChI is InChI=1S/C18H15N3O2S2/c19-10-14-13-8-9-21(18(23)24)11-15(13)25-17(14)20-16(22)7-6-12-4-2-1-3-5-12/h1-7H,8-9,11H2,(H,20,22)(H,23,24). The maximum atomic E-state index is 12.2.